The van der Waals surface area contributed by atoms with Gasteiger partial charge in [-0.3, -0.25) is 9.69 Å². The number of carbonyl (C=O) groups excluding carboxylic acids is 1. The van der Waals surface area contributed by atoms with Crippen LogP contribution in [0.2, 0.25) is 0 Å². The lowest BCUT2D eigenvalue weighted by molar-refractivity contribution is -0.132. The van der Waals surface area contributed by atoms with E-state index in [2.05, 4.69) is 85.0 Å². The highest BCUT2D eigenvalue weighted by Gasteiger charge is 2.27. The Kier molecular flexibility index (Phi) is 7.05. The second-order valence-electron chi connectivity index (χ2n) is 9.07. The zero-order valence-electron chi connectivity index (χ0n) is 19.5. The van der Waals surface area contributed by atoms with Gasteiger partial charge in [-0.2, -0.15) is 5.10 Å². The predicted octanol–water partition coefficient (Wildman–Crippen LogP) is 4.83. The highest BCUT2D eigenvalue weighted by molar-refractivity contribution is 5.76. The molecule has 0 saturated carbocycles. The van der Waals surface area contributed by atoms with Gasteiger partial charge in [0.25, 0.3) is 0 Å². The van der Waals surface area contributed by atoms with Crippen LogP contribution in [0.1, 0.15) is 49.7 Å². The molecule has 1 aliphatic rings. The summed E-state index contributed by atoms with van der Waals surface area (Å²) in [6.07, 6.45) is 1.53. The molecule has 0 saturated heterocycles. The third-order valence-corrected chi connectivity index (χ3v) is 6.13. The first-order valence-electron chi connectivity index (χ1n) is 11.7. The zero-order valence-corrected chi connectivity index (χ0v) is 19.5. The van der Waals surface area contributed by atoms with Gasteiger partial charge < -0.3 is 4.90 Å². The molecule has 0 atom stereocenters. The van der Waals surface area contributed by atoms with Gasteiger partial charge in [0.15, 0.2) is 0 Å². The lowest BCUT2D eigenvalue weighted by Crippen LogP contribution is -2.33. The third-order valence-electron chi connectivity index (χ3n) is 6.13. The quantitative estimate of drug-likeness (QED) is 0.514. The van der Waals surface area contributed by atoms with E-state index in [0.29, 0.717) is 25.4 Å². The van der Waals surface area contributed by atoms with Gasteiger partial charge >= 0.3 is 0 Å². The van der Waals surface area contributed by atoms with Crippen LogP contribution in [-0.2, 0) is 30.8 Å². The fraction of sp³-hybridized carbons (Fsp3) is 0.407. The summed E-state index contributed by atoms with van der Waals surface area (Å²) < 4.78 is 2.10. The van der Waals surface area contributed by atoms with Crippen molar-refractivity contribution in [3.63, 3.8) is 0 Å². The fourth-order valence-corrected chi connectivity index (χ4v) is 4.46. The van der Waals surface area contributed by atoms with E-state index in [4.69, 9.17) is 5.10 Å². The molecule has 0 bridgehead atoms. The number of nitrogens with zero attached hydrogens (tertiary/aromatic N) is 4. The van der Waals surface area contributed by atoms with Crippen molar-refractivity contribution >= 4 is 5.91 Å². The standard InChI is InChI=1S/C27H34N4O/c1-4-30(27(32)17-21(2)3)20-25-24-19-29(18-22-11-7-5-8-12-22)16-15-26(24)31(28-25)23-13-9-6-10-14-23/h5-14,21H,4,15-20H2,1-3H3. The van der Waals surface area contributed by atoms with E-state index in [-0.39, 0.29) is 5.91 Å². The normalized spacial score (nSPS) is 13.9. The molecule has 1 aromatic heterocycles. The first kappa shape index (κ1) is 22.3. The molecule has 0 aliphatic carbocycles. The van der Waals surface area contributed by atoms with Crippen LogP contribution in [0.4, 0.5) is 0 Å². The molecule has 5 nitrogen and oxygen atoms in total. The highest BCUT2D eigenvalue weighted by Crippen LogP contribution is 2.27. The van der Waals surface area contributed by atoms with E-state index in [0.717, 1.165) is 37.4 Å². The van der Waals surface area contributed by atoms with E-state index in [1.807, 2.05) is 11.0 Å². The van der Waals surface area contributed by atoms with Crippen LogP contribution in [0.3, 0.4) is 0 Å². The number of hydrogen-bond acceptors (Lipinski definition) is 3. The zero-order chi connectivity index (χ0) is 22.5. The molecular formula is C27H34N4O. The molecule has 2 aromatic carbocycles. The van der Waals surface area contributed by atoms with E-state index in [1.54, 1.807) is 0 Å². The molecule has 4 rings (SSSR count). The second-order valence-corrected chi connectivity index (χ2v) is 9.07. The number of para-hydroxylation sites is 1. The number of amides is 1. The number of fused-ring (bicyclic) bond motifs is 1. The van der Waals surface area contributed by atoms with Crippen molar-refractivity contribution in [1.82, 2.24) is 19.6 Å². The number of carbonyl (C=O) groups is 1. The maximum atomic E-state index is 12.8. The van der Waals surface area contributed by atoms with Crippen molar-refractivity contribution in [2.24, 2.45) is 5.92 Å². The third kappa shape index (κ3) is 5.10. The summed E-state index contributed by atoms with van der Waals surface area (Å²) in [7, 11) is 0. The summed E-state index contributed by atoms with van der Waals surface area (Å²) in [6.45, 7) is 10.3. The predicted molar refractivity (Wildman–Crippen MR) is 128 cm³/mol. The molecule has 0 fully saturated rings. The average Bonchev–Trinajstić information content (AvgIpc) is 3.16. The molecule has 1 amide bonds. The summed E-state index contributed by atoms with van der Waals surface area (Å²) in [5.41, 5.74) is 6.01. The Morgan fingerprint density at radius 3 is 2.41 bits per heavy atom. The van der Waals surface area contributed by atoms with Crippen LogP contribution in [0, 0.1) is 5.92 Å². The van der Waals surface area contributed by atoms with E-state index in [9.17, 15) is 4.79 Å². The van der Waals surface area contributed by atoms with Crippen molar-refractivity contribution in [3.8, 4) is 5.69 Å². The summed E-state index contributed by atoms with van der Waals surface area (Å²) in [4.78, 5) is 17.3. The second kappa shape index (κ2) is 10.1. The van der Waals surface area contributed by atoms with Crippen molar-refractivity contribution in [2.45, 2.75) is 53.2 Å². The summed E-state index contributed by atoms with van der Waals surface area (Å²) >= 11 is 0. The van der Waals surface area contributed by atoms with E-state index < -0.39 is 0 Å². The molecule has 0 spiro atoms. The molecule has 0 radical (unpaired) electrons. The Morgan fingerprint density at radius 2 is 1.75 bits per heavy atom. The van der Waals surface area contributed by atoms with Crippen LogP contribution in [0.25, 0.3) is 5.69 Å². The number of benzene rings is 2. The van der Waals surface area contributed by atoms with Crippen LogP contribution in [0.15, 0.2) is 60.7 Å². The van der Waals surface area contributed by atoms with Gasteiger partial charge in [-0.25, -0.2) is 4.68 Å². The van der Waals surface area contributed by atoms with Crippen LogP contribution in [0.5, 0.6) is 0 Å². The highest BCUT2D eigenvalue weighted by atomic mass is 16.2. The fourth-order valence-electron chi connectivity index (χ4n) is 4.46. The number of hydrogen-bond donors (Lipinski definition) is 0. The van der Waals surface area contributed by atoms with Crippen LogP contribution >= 0.6 is 0 Å². The van der Waals surface area contributed by atoms with Crippen molar-refractivity contribution in [1.29, 1.82) is 0 Å². The van der Waals surface area contributed by atoms with Gasteiger partial charge in [0.05, 0.1) is 23.6 Å². The van der Waals surface area contributed by atoms with E-state index in [1.165, 1.54) is 16.8 Å². The van der Waals surface area contributed by atoms with Crippen LogP contribution in [-0.4, -0.2) is 38.6 Å². The minimum absolute atomic E-state index is 0.211. The maximum absolute atomic E-state index is 12.8. The monoisotopic (exact) mass is 430 g/mol. The number of rotatable bonds is 8. The molecule has 2 heterocycles. The maximum Gasteiger partial charge on any atom is 0.223 e. The molecule has 1 aliphatic heterocycles. The smallest absolute Gasteiger partial charge is 0.223 e. The minimum Gasteiger partial charge on any atom is -0.337 e. The lowest BCUT2D eigenvalue weighted by Gasteiger charge is -2.28. The average molecular weight is 431 g/mol. The topological polar surface area (TPSA) is 41.4 Å². The first-order valence-corrected chi connectivity index (χ1v) is 11.7. The van der Waals surface area contributed by atoms with Gasteiger partial charge in [0, 0.05) is 44.6 Å². The molecule has 0 N–H and O–H groups in total. The Labute approximate surface area is 191 Å². The van der Waals surface area contributed by atoms with Gasteiger partial charge in [-0.15, -0.1) is 0 Å². The van der Waals surface area contributed by atoms with E-state index >= 15 is 0 Å². The SMILES string of the molecule is CCN(Cc1nn(-c2ccccc2)c2c1CN(Cc1ccccc1)CC2)C(=O)CC(C)C. The van der Waals surface area contributed by atoms with Crippen molar-refractivity contribution in [2.75, 3.05) is 13.1 Å². The minimum atomic E-state index is 0.211. The van der Waals surface area contributed by atoms with Gasteiger partial charge in [-0.05, 0) is 30.5 Å². The Bertz CT molecular complexity index is 1030. The Balaban J connectivity index is 1.64. The molecule has 3 aromatic rings. The summed E-state index contributed by atoms with van der Waals surface area (Å²) in [5, 5.41) is 5.05. The largest absolute Gasteiger partial charge is 0.337 e. The molecule has 0 unspecified atom stereocenters. The lowest BCUT2D eigenvalue weighted by atomic mass is 10.0. The van der Waals surface area contributed by atoms with Crippen molar-refractivity contribution < 1.29 is 4.79 Å². The molecule has 168 valence electrons. The Morgan fingerprint density at radius 1 is 1.06 bits per heavy atom. The number of aromatic nitrogens is 2. The molecular weight excluding hydrogens is 396 g/mol. The van der Waals surface area contributed by atoms with Gasteiger partial charge in [0.2, 0.25) is 5.91 Å². The van der Waals surface area contributed by atoms with Crippen molar-refractivity contribution in [3.05, 3.63) is 83.2 Å². The molecule has 5 heteroatoms. The van der Waals surface area contributed by atoms with Crippen LogP contribution < -0.4 is 0 Å². The van der Waals surface area contributed by atoms with Gasteiger partial charge in [0.1, 0.15) is 0 Å². The molecule has 32 heavy (non-hydrogen) atoms. The first-order chi connectivity index (χ1) is 15.5. The summed E-state index contributed by atoms with van der Waals surface area (Å²) in [5.74, 6) is 0.566. The van der Waals surface area contributed by atoms with Gasteiger partial charge in [-0.1, -0.05) is 62.4 Å². The summed E-state index contributed by atoms with van der Waals surface area (Å²) in [6, 6.07) is 21.0. The Hall–Kier alpha value is -2.92.